The smallest absolute Gasteiger partial charge is 0.257 e. The van der Waals surface area contributed by atoms with Crippen LogP contribution in [0.3, 0.4) is 0 Å². The number of ether oxygens (including phenoxy) is 1. The van der Waals surface area contributed by atoms with Gasteiger partial charge in [-0.3, -0.25) is 4.79 Å². The van der Waals surface area contributed by atoms with Gasteiger partial charge in [-0.25, -0.2) is 4.98 Å². The number of piperidine rings is 3. The predicted molar refractivity (Wildman–Crippen MR) is 71.2 cm³/mol. The summed E-state index contributed by atoms with van der Waals surface area (Å²) in [6.45, 7) is 3.32. The quantitative estimate of drug-likeness (QED) is 0.879. The molecule has 1 aromatic heterocycles. The van der Waals surface area contributed by atoms with Crippen LogP contribution in [-0.4, -0.2) is 48.6 Å². The minimum atomic E-state index is -0.0799. The Balaban J connectivity index is 1.71. The lowest BCUT2D eigenvalue weighted by Gasteiger charge is -2.44. The summed E-state index contributed by atoms with van der Waals surface area (Å²) in [5, 5.41) is 3.14. The molecule has 1 aromatic rings. The van der Waals surface area contributed by atoms with E-state index >= 15 is 0 Å². The van der Waals surface area contributed by atoms with Crippen LogP contribution in [0.15, 0.2) is 18.3 Å². The van der Waals surface area contributed by atoms with Crippen molar-refractivity contribution in [1.82, 2.24) is 15.2 Å². The number of hydrogen-bond donors (Lipinski definition) is 1. The number of carbonyl (C=O) groups excluding carboxylic acids is 1. The molecule has 5 heteroatoms. The van der Waals surface area contributed by atoms with Crippen LogP contribution < -0.4 is 10.1 Å². The molecule has 3 fully saturated rings. The molecule has 0 saturated carbocycles. The molecular weight excluding hydrogens is 242 g/mol. The molecule has 3 aliphatic heterocycles. The first-order valence-electron chi connectivity index (χ1n) is 6.80. The zero-order valence-electron chi connectivity index (χ0n) is 11.1. The van der Waals surface area contributed by atoms with E-state index in [2.05, 4.69) is 15.2 Å². The summed E-state index contributed by atoms with van der Waals surface area (Å²) in [6.07, 6.45) is 4.01. The molecule has 0 spiro atoms. The van der Waals surface area contributed by atoms with Crippen molar-refractivity contribution in [3.8, 4) is 5.88 Å². The Morgan fingerprint density at radius 2 is 2.26 bits per heavy atom. The van der Waals surface area contributed by atoms with E-state index in [1.807, 2.05) is 0 Å². The first-order chi connectivity index (χ1) is 9.28. The van der Waals surface area contributed by atoms with E-state index in [0.29, 0.717) is 17.4 Å². The van der Waals surface area contributed by atoms with Crippen molar-refractivity contribution in [2.75, 3.05) is 26.7 Å². The van der Waals surface area contributed by atoms with Gasteiger partial charge < -0.3 is 15.0 Å². The van der Waals surface area contributed by atoms with Gasteiger partial charge in [0.15, 0.2) is 0 Å². The summed E-state index contributed by atoms with van der Waals surface area (Å²) in [5.74, 6) is 0.932. The average Bonchev–Trinajstić information content (AvgIpc) is 2.48. The highest BCUT2D eigenvalue weighted by atomic mass is 16.5. The van der Waals surface area contributed by atoms with Crippen molar-refractivity contribution in [1.29, 1.82) is 0 Å². The molecule has 0 aliphatic carbocycles. The standard InChI is InChI=1S/C14H19N3O2/c1-19-14-11(3-2-6-15-14)13(18)16-12-9-17-7-4-10(12)5-8-17/h2-3,6,10,12H,4-5,7-9H2,1H3,(H,16,18). The molecule has 5 nitrogen and oxygen atoms in total. The van der Waals surface area contributed by atoms with Gasteiger partial charge >= 0.3 is 0 Å². The summed E-state index contributed by atoms with van der Waals surface area (Å²) in [4.78, 5) is 18.8. The van der Waals surface area contributed by atoms with Crippen LogP contribution in [0.25, 0.3) is 0 Å². The molecule has 4 rings (SSSR count). The summed E-state index contributed by atoms with van der Waals surface area (Å²) in [6, 6.07) is 3.77. The average molecular weight is 261 g/mol. The Hall–Kier alpha value is -1.62. The molecule has 1 amide bonds. The maximum atomic E-state index is 12.3. The fraction of sp³-hybridized carbons (Fsp3) is 0.571. The first kappa shape index (κ1) is 12.4. The second kappa shape index (κ2) is 5.17. The maximum absolute atomic E-state index is 12.3. The van der Waals surface area contributed by atoms with Crippen LogP contribution in [-0.2, 0) is 0 Å². The molecule has 1 atom stereocenters. The van der Waals surface area contributed by atoms with Gasteiger partial charge in [-0.15, -0.1) is 0 Å². The summed E-state index contributed by atoms with van der Waals surface area (Å²) >= 11 is 0. The summed E-state index contributed by atoms with van der Waals surface area (Å²) in [7, 11) is 1.54. The zero-order valence-corrected chi connectivity index (χ0v) is 11.1. The van der Waals surface area contributed by atoms with Crippen LogP contribution in [0.5, 0.6) is 5.88 Å². The van der Waals surface area contributed by atoms with Gasteiger partial charge in [-0.1, -0.05) is 0 Å². The second-order valence-electron chi connectivity index (χ2n) is 5.28. The number of pyridine rings is 1. The molecule has 0 aromatic carbocycles. The lowest BCUT2D eigenvalue weighted by Crippen LogP contribution is -2.57. The SMILES string of the molecule is COc1ncccc1C(=O)NC1CN2CCC1CC2. The lowest BCUT2D eigenvalue weighted by molar-refractivity contribution is 0.0618. The topological polar surface area (TPSA) is 54.5 Å². The molecule has 2 bridgehead atoms. The van der Waals surface area contributed by atoms with E-state index in [-0.39, 0.29) is 11.9 Å². The highest BCUT2D eigenvalue weighted by Gasteiger charge is 2.35. The van der Waals surface area contributed by atoms with E-state index < -0.39 is 0 Å². The number of methoxy groups -OCH3 is 1. The number of carbonyl (C=O) groups is 1. The number of nitrogens with zero attached hydrogens (tertiary/aromatic N) is 2. The summed E-state index contributed by atoms with van der Waals surface area (Å²) in [5.41, 5.74) is 0.515. The fourth-order valence-electron chi connectivity index (χ4n) is 3.10. The third kappa shape index (κ3) is 2.42. The Kier molecular flexibility index (Phi) is 3.38. The minimum Gasteiger partial charge on any atom is -0.480 e. The van der Waals surface area contributed by atoms with Gasteiger partial charge in [0.25, 0.3) is 5.91 Å². The zero-order chi connectivity index (χ0) is 13.2. The van der Waals surface area contributed by atoms with Crippen LogP contribution in [0.1, 0.15) is 23.2 Å². The first-order valence-corrected chi connectivity index (χ1v) is 6.80. The van der Waals surface area contributed by atoms with Crippen molar-refractivity contribution in [2.45, 2.75) is 18.9 Å². The largest absolute Gasteiger partial charge is 0.480 e. The highest BCUT2D eigenvalue weighted by Crippen LogP contribution is 2.28. The van der Waals surface area contributed by atoms with E-state index in [0.717, 1.165) is 6.54 Å². The minimum absolute atomic E-state index is 0.0799. The molecule has 3 saturated heterocycles. The second-order valence-corrected chi connectivity index (χ2v) is 5.28. The number of amides is 1. The van der Waals surface area contributed by atoms with Crippen molar-refractivity contribution in [3.05, 3.63) is 23.9 Å². The van der Waals surface area contributed by atoms with E-state index in [4.69, 9.17) is 4.74 Å². The predicted octanol–water partition coefficient (Wildman–Crippen LogP) is 0.914. The molecule has 3 aliphatic rings. The number of hydrogen-bond acceptors (Lipinski definition) is 4. The van der Waals surface area contributed by atoms with Crippen LogP contribution >= 0.6 is 0 Å². The van der Waals surface area contributed by atoms with Crippen molar-refractivity contribution in [2.24, 2.45) is 5.92 Å². The molecule has 0 radical (unpaired) electrons. The van der Waals surface area contributed by atoms with Crippen molar-refractivity contribution < 1.29 is 9.53 Å². The van der Waals surface area contributed by atoms with Gasteiger partial charge in [-0.05, 0) is 44.0 Å². The number of rotatable bonds is 3. The van der Waals surface area contributed by atoms with Gasteiger partial charge in [0, 0.05) is 18.8 Å². The number of aromatic nitrogens is 1. The van der Waals surface area contributed by atoms with Crippen LogP contribution in [0.4, 0.5) is 0 Å². The van der Waals surface area contributed by atoms with Gasteiger partial charge in [0.05, 0.1) is 7.11 Å². The monoisotopic (exact) mass is 261 g/mol. The Morgan fingerprint density at radius 3 is 2.89 bits per heavy atom. The normalized spacial score (nSPS) is 29.0. The Bertz CT molecular complexity index is 470. The van der Waals surface area contributed by atoms with E-state index in [1.54, 1.807) is 18.3 Å². The van der Waals surface area contributed by atoms with Crippen molar-refractivity contribution in [3.63, 3.8) is 0 Å². The lowest BCUT2D eigenvalue weighted by atomic mass is 9.84. The Morgan fingerprint density at radius 1 is 1.47 bits per heavy atom. The number of nitrogens with one attached hydrogen (secondary N) is 1. The molecule has 1 unspecified atom stereocenters. The third-order valence-corrected chi connectivity index (χ3v) is 4.18. The number of fused-ring (bicyclic) bond motifs is 3. The molecular formula is C14H19N3O2. The third-order valence-electron chi connectivity index (χ3n) is 4.18. The van der Waals surface area contributed by atoms with Crippen LogP contribution in [0, 0.1) is 5.92 Å². The molecule has 102 valence electrons. The van der Waals surface area contributed by atoms with Gasteiger partial charge in [-0.2, -0.15) is 0 Å². The molecule has 1 N–H and O–H groups in total. The Labute approximate surface area is 113 Å². The van der Waals surface area contributed by atoms with Gasteiger partial charge in [0.2, 0.25) is 5.88 Å². The summed E-state index contributed by atoms with van der Waals surface area (Å²) < 4.78 is 5.14. The van der Waals surface area contributed by atoms with E-state index in [1.165, 1.54) is 33.0 Å². The molecule has 4 heterocycles. The highest BCUT2D eigenvalue weighted by molar-refractivity contribution is 5.96. The van der Waals surface area contributed by atoms with Crippen LogP contribution in [0.2, 0.25) is 0 Å². The van der Waals surface area contributed by atoms with Crippen molar-refractivity contribution >= 4 is 5.91 Å². The fourth-order valence-corrected chi connectivity index (χ4v) is 3.10. The molecule has 19 heavy (non-hydrogen) atoms. The van der Waals surface area contributed by atoms with Gasteiger partial charge in [0.1, 0.15) is 5.56 Å². The maximum Gasteiger partial charge on any atom is 0.257 e. The van der Waals surface area contributed by atoms with E-state index in [9.17, 15) is 4.79 Å².